The summed E-state index contributed by atoms with van der Waals surface area (Å²) >= 11 is 1.99. The van der Waals surface area contributed by atoms with Gasteiger partial charge < -0.3 is 5.32 Å². The van der Waals surface area contributed by atoms with E-state index in [0.717, 1.165) is 11.5 Å². The van der Waals surface area contributed by atoms with Crippen molar-refractivity contribution in [3.63, 3.8) is 0 Å². The molecule has 0 aromatic heterocycles. The van der Waals surface area contributed by atoms with Crippen LogP contribution < -0.4 is 5.32 Å². The van der Waals surface area contributed by atoms with Gasteiger partial charge in [0.05, 0.1) is 0 Å². The molecule has 2 rings (SSSR count). The first-order valence-electron chi connectivity index (χ1n) is 5.57. The van der Waals surface area contributed by atoms with E-state index in [1.807, 2.05) is 11.8 Å². The Morgan fingerprint density at radius 2 is 2.15 bits per heavy atom. The molecule has 0 unspecified atom stereocenters. The van der Waals surface area contributed by atoms with E-state index in [9.17, 15) is 0 Å². The fraction of sp³-hybridized carbons (Fsp3) is 1.00. The smallest absolute Gasteiger partial charge is 0.00684 e. The van der Waals surface area contributed by atoms with Crippen LogP contribution in [0.25, 0.3) is 0 Å². The number of hydrogen-bond donors (Lipinski definition) is 1. The number of hydrogen-bond acceptors (Lipinski definition) is 2. The second-order valence-electron chi connectivity index (χ2n) is 4.75. The molecule has 13 heavy (non-hydrogen) atoms. The molecule has 0 saturated heterocycles. The summed E-state index contributed by atoms with van der Waals surface area (Å²) in [5.74, 6) is 1.35. The van der Waals surface area contributed by atoms with Gasteiger partial charge in [-0.2, -0.15) is 11.8 Å². The van der Waals surface area contributed by atoms with Crippen LogP contribution in [-0.4, -0.2) is 24.6 Å². The van der Waals surface area contributed by atoms with Gasteiger partial charge in [0.1, 0.15) is 0 Å². The molecule has 2 aliphatic carbocycles. The first-order chi connectivity index (χ1) is 6.35. The number of rotatable bonds is 7. The second-order valence-corrected chi connectivity index (χ2v) is 5.74. The van der Waals surface area contributed by atoms with Gasteiger partial charge in [0, 0.05) is 12.6 Å². The Hall–Kier alpha value is 0.310. The van der Waals surface area contributed by atoms with Crippen molar-refractivity contribution in [1.29, 1.82) is 0 Å². The predicted molar refractivity (Wildman–Crippen MR) is 60.3 cm³/mol. The van der Waals surface area contributed by atoms with Crippen molar-refractivity contribution >= 4 is 11.8 Å². The van der Waals surface area contributed by atoms with Crippen molar-refractivity contribution in [3.8, 4) is 0 Å². The lowest BCUT2D eigenvalue weighted by Crippen LogP contribution is -2.25. The molecule has 0 aliphatic heterocycles. The maximum absolute atomic E-state index is 3.68. The lowest BCUT2D eigenvalue weighted by molar-refractivity contribution is 0.421. The minimum Gasteiger partial charge on any atom is -0.313 e. The summed E-state index contributed by atoms with van der Waals surface area (Å²) in [5.41, 5.74) is 0.748. The van der Waals surface area contributed by atoms with E-state index in [1.54, 1.807) is 0 Å². The minimum atomic E-state index is 0.748. The molecular formula is C11H21NS. The van der Waals surface area contributed by atoms with Crippen LogP contribution in [0.2, 0.25) is 0 Å². The third kappa shape index (κ3) is 3.17. The molecule has 2 heteroatoms. The minimum absolute atomic E-state index is 0.748. The maximum atomic E-state index is 3.68. The molecule has 0 radical (unpaired) electrons. The van der Waals surface area contributed by atoms with Crippen molar-refractivity contribution in [3.05, 3.63) is 0 Å². The second kappa shape index (κ2) is 4.22. The molecule has 0 spiro atoms. The monoisotopic (exact) mass is 199 g/mol. The van der Waals surface area contributed by atoms with Crippen LogP contribution >= 0.6 is 11.8 Å². The maximum Gasteiger partial charge on any atom is 0.00684 e. The van der Waals surface area contributed by atoms with Gasteiger partial charge in [-0.05, 0) is 55.9 Å². The third-order valence-corrected chi connectivity index (χ3v) is 4.05. The normalized spacial score (nSPS) is 24.7. The standard InChI is InChI=1S/C11H21NS/c1-13-8-2-5-11(6-7-11)9-12-10-3-4-10/h10,12H,2-9H2,1H3. The third-order valence-electron chi connectivity index (χ3n) is 3.36. The Balaban J connectivity index is 1.58. The van der Waals surface area contributed by atoms with Crippen molar-refractivity contribution < 1.29 is 0 Å². The molecule has 1 N–H and O–H groups in total. The fourth-order valence-electron chi connectivity index (χ4n) is 1.93. The Kier molecular flexibility index (Phi) is 3.20. The van der Waals surface area contributed by atoms with Gasteiger partial charge in [0.25, 0.3) is 0 Å². The van der Waals surface area contributed by atoms with Gasteiger partial charge in [-0.3, -0.25) is 0 Å². The van der Waals surface area contributed by atoms with Crippen LogP contribution in [0.5, 0.6) is 0 Å². The van der Waals surface area contributed by atoms with E-state index < -0.39 is 0 Å². The molecule has 0 aromatic rings. The molecular weight excluding hydrogens is 178 g/mol. The average molecular weight is 199 g/mol. The molecule has 0 amide bonds. The highest BCUT2D eigenvalue weighted by Gasteiger charge is 2.42. The predicted octanol–water partition coefficient (Wildman–Crippen LogP) is 2.66. The Morgan fingerprint density at radius 1 is 1.38 bits per heavy atom. The summed E-state index contributed by atoms with van der Waals surface area (Å²) in [4.78, 5) is 0. The quantitative estimate of drug-likeness (QED) is 0.633. The Bertz CT molecular complexity index is 161. The molecule has 76 valence electrons. The molecule has 2 saturated carbocycles. The van der Waals surface area contributed by atoms with E-state index in [2.05, 4.69) is 11.6 Å². The van der Waals surface area contributed by atoms with E-state index in [1.165, 1.54) is 50.8 Å². The lowest BCUT2D eigenvalue weighted by Gasteiger charge is -2.15. The van der Waals surface area contributed by atoms with Gasteiger partial charge in [-0.15, -0.1) is 0 Å². The van der Waals surface area contributed by atoms with Crippen LogP contribution in [0.4, 0.5) is 0 Å². The van der Waals surface area contributed by atoms with Gasteiger partial charge in [0.15, 0.2) is 0 Å². The summed E-state index contributed by atoms with van der Waals surface area (Å²) in [6, 6.07) is 0.901. The van der Waals surface area contributed by atoms with Gasteiger partial charge in [-0.25, -0.2) is 0 Å². The van der Waals surface area contributed by atoms with Crippen molar-refractivity contribution in [1.82, 2.24) is 5.32 Å². The van der Waals surface area contributed by atoms with Crippen LogP contribution in [0, 0.1) is 5.41 Å². The largest absolute Gasteiger partial charge is 0.313 e. The summed E-state index contributed by atoms with van der Waals surface area (Å²) in [6.45, 7) is 1.31. The van der Waals surface area contributed by atoms with Crippen LogP contribution in [0.3, 0.4) is 0 Å². The van der Waals surface area contributed by atoms with Crippen LogP contribution in [0.15, 0.2) is 0 Å². The highest BCUT2D eigenvalue weighted by molar-refractivity contribution is 7.98. The van der Waals surface area contributed by atoms with E-state index in [4.69, 9.17) is 0 Å². The van der Waals surface area contributed by atoms with Crippen molar-refractivity contribution in [2.75, 3.05) is 18.6 Å². The van der Waals surface area contributed by atoms with Crippen LogP contribution in [0.1, 0.15) is 38.5 Å². The lowest BCUT2D eigenvalue weighted by atomic mass is 10.0. The molecule has 1 nitrogen and oxygen atoms in total. The highest BCUT2D eigenvalue weighted by atomic mass is 32.2. The molecule has 2 aliphatic rings. The van der Waals surface area contributed by atoms with E-state index in [0.29, 0.717) is 0 Å². The van der Waals surface area contributed by atoms with Crippen molar-refractivity contribution in [2.45, 2.75) is 44.6 Å². The summed E-state index contributed by atoms with van der Waals surface area (Å²) in [7, 11) is 0. The summed E-state index contributed by atoms with van der Waals surface area (Å²) < 4.78 is 0. The molecule has 2 fully saturated rings. The summed E-state index contributed by atoms with van der Waals surface area (Å²) in [5, 5.41) is 3.68. The number of thioether (sulfide) groups is 1. The topological polar surface area (TPSA) is 12.0 Å². The van der Waals surface area contributed by atoms with E-state index in [-0.39, 0.29) is 0 Å². The van der Waals surface area contributed by atoms with Crippen LogP contribution in [-0.2, 0) is 0 Å². The zero-order chi connectivity index (χ0) is 9.15. The van der Waals surface area contributed by atoms with Gasteiger partial charge in [0.2, 0.25) is 0 Å². The highest BCUT2D eigenvalue weighted by Crippen LogP contribution is 2.49. The van der Waals surface area contributed by atoms with Gasteiger partial charge >= 0.3 is 0 Å². The molecule has 0 bridgehead atoms. The number of nitrogens with one attached hydrogen (secondary N) is 1. The Labute approximate surface area is 86.0 Å². The zero-order valence-electron chi connectivity index (χ0n) is 8.64. The zero-order valence-corrected chi connectivity index (χ0v) is 9.46. The molecule has 0 heterocycles. The van der Waals surface area contributed by atoms with E-state index >= 15 is 0 Å². The average Bonchev–Trinajstić information content (AvgIpc) is 3.00. The summed E-state index contributed by atoms with van der Waals surface area (Å²) in [6.07, 6.45) is 10.9. The van der Waals surface area contributed by atoms with Crippen molar-refractivity contribution in [2.24, 2.45) is 5.41 Å². The van der Waals surface area contributed by atoms with Gasteiger partial charge in [-0.1, -0.05) is 0 Å². The molecule has 0 aromatic carbocycles. The first kappa shape index (κ1) is 9.85. The first-order valence-corrected chi connectivity index (χ1v) is 6.96. The Morgan fingerprint density at radius 3 is 2.69 bits per heavy atom. The fourth-order valence-corrected chi connectivity index (χ4v) is 2.36. The molecule has 0 atom stereocenters. The SMILES string of the molecule is CSCCCC1(CNC2CC2)CC1.